The standard InChI is InChI=1S/C15H15BrClFN2O2S/c1-8(2)6-22-14-10(17)3-9(4-11(14)18)12-7-23-15(19-12)20-13(21)5-16/h3-4,7-8H,5-6H2,1-2H3,(H,19,20,21). The molecule has 2 rings (SSSR count). The van der Waals surface area contributed by atoms with E-state index in [9.17, 15) is 9.18 Å². The number of hydrogen-bond acceptors (Lipinski definition) is 4. The first-order valence-electron chi connectivity index (χ1n) is 6.84. The molecule has 0 fully saturated rings. The molecule has 1 amide bonds. The number of aromatic nitrogens is 1. The van der Waals surface area contributed by atoms with E-state index < -0.39 is 5.82 Å². The van der Waals surface area contributed by atoms with Crippen LogP contribution < -0.4 is 10.1 Å². The summed E-state index contributed by atoms with van der Waals surface area (Å²) in [6, 6.07) is 2.93. The largest absolute Gasteiger partial charge is 0.489 e. The summed E-state index contributed by atoms with van der Waals surface area (Å²) in [5.74, 6) is -0.420. The minimum absolute atomic E-state index is 0.0483. The molecule has 0 radical (unpaired) electrons. The van der Waals surface area contributed by atoms with Crippen molar-refractivity contribution in [2.45, 2.75) is 13.8 Å². The molecule has 0 aliphatic heterocycles. The third-order valence-electron chi connectivity index (χ3n) is 2.73. The van der Waals surface area contributed by atoms with Gasteiger partial charge in [0, 0.05) is 10.9 Å². The smallest absolute Gasteiger partial charge is 0.236 e. The highest BCUT2D eigenvalue weighted by molar-refractivity contribution is 9.09. The third kappa shape index (κ3) is 4.89. The first kappa shape index (κ1) is 18.2. The van der Waals surface area contributed by atoms with E-state index in [1.807, 2.05) is 13.8 Å². The Labute approximate surface area is 151 Å². The number of hydrogen-bond donors (Lipinski definition) is 1. The third-order valence-corrected chi connectivity index (χ3v) is 4.27. The highest BCUT2D eigenvalue weighted by atomic mass is 79.9. The van der Waals surface area contributed by atoms with Crippen LogP contribution in [0.5, 0.6) is 5.75 Å². The van der Waals surface area contributed by atoms with Gasteiger partial charge >= 0.3 is 0 Å². The molecule has 0 bridgehead atoms. The molecule has 23 heavy (non-hydrogen) atoms. The van der Waals surface area contributed by atoms with Crippen LogP contribution >= 0.6 is 38.9 Å². The van der Waals surface area contributed by atoms with Gasteiger partial charge in [0.05, 0.1) is 22.7 Å². The molecule has 1 heterocycles. The molecule has 8 heteroatoms. The molecule has 0 aliphatic rings. The van der Waals surface area contributed by atoms with Gasteiger partial charge in [0.1, 0.15) is 0 Å². The first-order valence-corrected chi connectivity index (χ1v) is 9.22. The van der Waals surface area contributed by atoms with E-state index in [0.29, 0.717) is 23.0 Å². The van der Waals surface area contributed by atoms with Crippen LogP contribution in [0.25, 0.3) is 11.3 Å². The average molecular weight is 422 g/mol. The molecule has 124 valence electrons. The molecule has 0 aliphatic carbocycles. The summed E-state index contributed by atoms with van der Waals surface area (Å²) < 4.78 is 19.6. The Morgan fingerprint density at radius 2 is 2.26 bits per heavy atom. The fraction of sp³-hybridized carbons (Fsp3) is 0.333. The monoisotopic (exact) mass is 420 g/mol. The summed E-state index contributed by atoms with van der Waals surface area (Å²) in [6.45, 7) is 4.33. The van der Waals surface area contributed by atoms with Crippen LogP contribution in [0.4, 0.5) is 9.52 Å². The maximum absolute atomic E-state index is 14.2. The molecule has 4 nitrogen and oxygen atoms in total. The van der Waals surface area contributed by atoms with E-state index in [1.54, 1.807) is 11.4 Å². The Morgan fingerprint density at radius 3 is 2.87 bits per heavy atom. The zero-order chi connectivity index (χ0) is 17.0. The number of benzene rings is 1. The van der Waals surface area contributed by atoms with E-state index >= 15 is 0 Å². The topological polar surface area (TPSA) is 51.2 Å². The molecular weight excluding hydrogens is 407 g/mol. The van der Waals surface area contributed by atoms with E-state index in [2.05, 4.69) is 26.2 Å². The zero-order valence-electron chi connectivity index (χ0n) is 12.5. The fourth-order valence-electron chi connectivity index (χ4n) is 1.71. The maximum Gasteiger partial charge on any atom is 0.236 e. The van der Waals surface area contributed by atoms with Gasteiger partial charge < -0.3 is 10.1 Å². The zero-order valence-corrected chi connectivity index (χ0v) is 15.7. The predicted molar refractivity (Wildman–Crippen MR) is 95.3 cm³/mol. The molecule has 0 saturated heterocycles. The lowest BCUT2D eigenvalue weighted by Gasteiger charge is -2.12. The van der Waals surface area contributed by atoms with Crippen LogP contribution in [0.2, 0.25) is 5.02 Å². The Balaban J connectivity index is 2.22. The van der Waals surface area contributed by atoms with Crippen LogP contribution in [0, 0.1) is 11.7 Å². The van der Waals surface area contributed by atoms with Gasteiger partial charge in [-0.05, 0) is 18.1 Å². The van der Waals surface area contributed by atoms with Gasteiger partial charge in [0.2, 0.25) is 5.91 Å². The van der Waals surface area contributed by atoms with Gasteiger partial charge in [-0.25, -0.2) is 9.37 Å². The van der Waals surface area contributed by atoms with Crippen LogP contribution in [0.1, 0.15) is 13.8 Å². The summed E-state index contributed by atoms with van der Waals surface area (Å²) >= 11 is 10.4. The number of nitrogens with zero attached hydrogens (tertiary/aromatic N) is 1. The number of thiazole rings is 1. The van der Waals surface area contributed by atoms with E-state index in [0.717, 1.165) is 0 Å². The van der Waals surface area contributed by atoms with Gasteiger partial charge in [-0.1, -0.05) is 41.4 Å². The molecular formula is C15H15BrClFN2O2S. The number of carbonyl (C=O) groups excluding carboxylic acids is 1. The maximum atomic E-state index is 14.2. The fourth-order valence-corrected chi connectivity index (χ4v) is 2.85. The van der Waals surface area contributed by atoms with Crippen LogP contribution in [0.3, 0.4) is 0 Å². The molecule has 2 aromatic rings. The van der Waals surface area contributed by atoms with E-state index in [4.69, 9.17) is 16.3 Å². The summed E-state index contributed by atoms with van der Waals surface area (Å²) in [5.41, 5.74) is 1.07. The number of carbonyl (C=O) groups is 1. The Kier molecular flexibility index (Phi) is 6.38. The Morgan fingerprint density at radius 1 is 1.52 bits per heavy atom. The summed E-state index contributed by atoms with van der Waals surface area (Å²) in [7, 11) is 0. The second kappa shape index (κ2) is 8.08. The second-order valence-corrected chi connectivity index (χ2v) is 7.02. The molecule has 0 saturated carbocycles. The van der Waals surface area contributed by atoms with Crippen molar-refractivity contribution in [1.82, 2.24) is 4.98 Å². The molecule has 1 aromatic carbocycles. The van der Waals surface area contributed by atoms with Crippen molar-refractivity contribution in [3.8, 4) is 17.0 Å². The minimum atomic E-state index is -0.535. The van der Waals surface area contributed by atoms with E-state index in [-0.39, 0.29) is 27.9 Å². The summed E-state index contributed by atoms with van der Waals surface area (Å²) in [6.07, 6.45) is 0. The van der Waals surface area contributed by atoms with Gasteiger partial charge in [0.15, 0.2) is 16.7 Å². The predicted octanol–water partition coefficient (Wildman–Crippen LogP) is 4.97. The molecule has 0 atom stereocenters. The van der Waals surface area contributed by atoms with Crippen molar-refractivity contribution in [2.24, 2.45) is 5.92 Å². The van der Waals surface area contributed by atoms with Crippen molar-refractivity contribution < 1.29 is 13.9 Å². The Bertz CT molecular complexity index is 686. The summed E-state index contributed by atoms with van der Waals surface area (Å²) in [4.78, 5) is 15.6. The normalized spacial score (nSPS) is 10.9. The number of halogens is 3. The van der Waals surface area contributed by atoms with Gasteiger partial charge in [0.25, 0.3) is 0 Å². The molecule has 0 unspecified atom stereocenters. The lowest BCUT2D eigenvalue weighted by molar-refractivity contribution is -0.113. The summed E-state index contributed by atoms with van der Waals surface area (Å²) in [5, 5.41) is 5.18. The SMILES string of the molecule is CC(C)COc1c(F)cc(-c2csc(NC(=O)CBr)n2)cc1Cl. The minimum Gasteiger partial charge on any atom is -0.489 e. The van der Waals surface area contributed by atoms with Gasteiger partial charge in [-0.15, -0.1) is 11.3 Å². The quantitative estimate of drug-likeness (QED) is 0.670. The van der Waals surface area contributed by atoms with Crippen molar-refractivity contribution in [3.05, 3.63) is 28.4 Å². The van der Waals surface area contributed by atoms with Crippen molar-refractivity contribution in [2.75, 3.05) is 17.3 Å². The highest BCUT2D eigenvalue weighted by Gasteiger charge is 2.15. The highest BCUT2D eigenvalue weighted by Crippen LogP contribution is 2.34. The lowest BCUT2D eigenvalue weighted by Crippen LogP contribution is -2.11. The number of nitrogens with one attached hydrogen (secondary N) is 1. The lowest BCUT2D eigenvalue weighted by atomic mass is 10.1. The molecule has 0 spiro atoms. The van der Waals surface area contributed by atoms with Crippen molar-refractivity contribution in [3.63, 3.8) is 0 Å². The van der Waals surface area contributed by atoms with Crippen LogP contribution in [-0.2, 0) is 4.79 Å². The number of amides is 1. The van der Waals surface area contributed by atoms with E-state index in [1.165, 1.54) is 17.4 Å². The number of ether oxygens (including phenoxy) is 1. The Hall–Kier alpha value is -1.18. The number of alkyl halides is 1. The van der Waals surface area contributed by atoms with Crippen molar-refractivity contribution >= 4 is 49.9 Å². The molecule has 1 N–H and O–H groups in total. The number of anilines is 1. The number of rotatable bonds is 6. The van der Waals surface area contributed by atoms with Crippen molar-refractivity contribution in [1.29, 1.82) is 0 Å². The van der Waals surface area contributed by atoms with Crippen LogP contribution in [0.15, 0.2) is 17.5 Å². The second-order valence-electron chi connectivity index (χ2n) is 5.19. The molecule has 1 aromatic heterocycles. The van der Waals surface area contributed by atoms with Gasteiger partial charge in [-0.3, -0.25) is 4.79 Å². The van der Waals surface area contributed by atoms with Crippen LogP contribution in [-0.4, -0.2) is 22.8 Å². The first-order chi connectivity index (χ1) is 10.9. The van der Waals surface area contributed by atoms with Gasteiger partial charge in [-0.2, -0.15) is 0 Å². The average Bonchev–Trinajstić information content (AvgIpc) is 2.94.